The summed E-state index contributed by atoms with van der Waals surface area (Å²) in [5.74, 6) is 1.54. The van der Waals surface area contributed by atoms with Crippen molar-refractivity contribution in [1.82, 2.24) is 4.90 Å². The minimum atomic E-state index is -0.193. The van der Waals surface area contributed by atoms with Gasteiger partial charge < -0.3 is 10.0 Å². The topological polar surface area (TPSA) is 23.5 Å². The molecule has 0 aromatic rings. The molecule has 0 saturated carbocycles. The molecule has 0 rings (SSSR count). The van der Waals surface area contributed by atoms with E-state index in [-0.39, 0.29) is 6.10 Å². The highest BCUT2D eigenvalue weighted by atomic mass is 32.2. The monoisotopic (exact) mass is 191 g/mol. The Kier molecular flexibility index (Phi) is 6.90. The van der Waals surface area contributed by atoms with Crippen LogP contribution in [0.15, 0.2) is 0 Å². The first kappa shape index (κ1) is 12.3. The van der Waals surface area contributed by atoms with Crippen LogP contribution in [0.1, 0.15) is 13.8 Å². The van der Waals surface area contributed by atoms with Crippen LogP contribution in [0.4, 0.5) is 0 Å². The third kappa shape index (κ3) is 5.86. The second-order valence-corrected chi connectivity index (χ2v) is 4.46. The zero-order valence-electron chi connectivity index (χ0n) is 8.58. The Bertz CT molecular complexity index is 109. The molecule has 2 unspecified atom stereocenters. The Labute approximate surface area is 80.3 Å². The molecule has 2 nitrogen and oxygen atoms in total. The van der Waals surface area contributed by atoms with Gasteiger partial charge in [-0.2, -0.15) is 11.8 Å². The van der Waals surface area contributed by atoms with Crippen molar-refractivity contribution in [1.29, 1.82) is 0 Å². The van der Waals surface area contributed by atoms with Gasteiger partial charge in [0.25, 0.3) is 0 Å². The lowest BCUT2D eigenvalue weighted by molar-refractivity contribution is 0.112. The maximum Gasteiger partial charge on any atom is 0.0549 e. The first-order chi connectivity index (χ1) is 5.57. The third-order valence-corrected chi connectivity index (χ3v) is 2.69. The number of aliphatic hydroxyl groups is 1. The van der Waals surface area contributed by atoms with Crippen molar-refractivity contribution in [2.45, 2.75) is 20.0 Å². The number of nitrogens with zero attached hydrogens (tertiary/aromatic N) is 1. The van der Waals surface area contributed by atoms with E-state index in [2.05, 4.69) is 25.1 Å². The lowest BCUT2D eigenvalue weighted by atomic mass is 10.1. The summed E-state index contributed by atoms with van der Waals surface area (Å²) in [6.07, 6.45) is 1.92. The lowest BCUT2D eigenvalue weighted by Crippen LogP contribution is -2.31. The summed E-state index contributed by atoms with van der Waals surface area (Å²) in [6.45, 7) is 6.03. The molecule has 3 heteroatoms. The first-order valence-corrected chi connectivity index (χ1v) is 5.82. The Balaban J connectivity index is 3.47. The van der Waals surface area contributed by atoms with Gasteiger partial charge in [0.2, 0.25) is 0 Å². The average Bonchev–Trinajstić information content (AvgIpc) is 2.00. The fraction of sp³-hybridized carbons (Fsp3) is 1.00. The predicted octanol–water partition coefficient (Wildman–Crippen LogP) is 1.30. The highest BCUT2D eigenvalue weighted by Gasteiger charge is 2.10. The van der Waals surface area contributed by atoms with Crippen LogP contribution in [-0.2, 0) is 0 Å². The van der Waals surface area contributed by atoms with Gasteiger partial charge in [-0.1, -0.05) is 6.92 Å². The molecule has 0 radical (unpaired) electrons. The fourth-order valence-corrected chi connectivity index (χ4v) is 1.48. The molecule has 0 bridgehead atoms. The van der Waals surface area contributed by atoms with Gasteiger partial charge in [0, 0.05) is 18.8 Å². The predicted molar refractivity (Wildman–Crippen MR) is 56.7 cm³/mol. The molecular weight excluding hydrogens is 170 g/mol. The summed E-state index contributed by atoms with van der Waals surface area (Å²) in [5, 5.41) is 9.26. The molecule has 0 aliphatic carbocycles. The molecule has 0 spiro atoms. The highest BCUT2D eigenvalue weighted by Crippen LogP contribution is 2.04. The van der Waals surface area contributed by atoms with E-state index in [0.29, 0.717) is 5.92 Å². The van der Waals surface area contributed by atoms with Crippen LogP contribution in [0.25, 0.3) is 0 Å². The van der Waals surface area contributed by atoms with E-state index in [1.807, 2.05) is 18.7 Å². The van der Waals surface area contributed by atoms with E-state index in [0.717, 1.165) is 13.1 Å². The van der Waals surface area contributed by atoms with Crippen LogP contribution in [0.5, 0.6) is 0 Å². The molecule has 0 fully saturated rings. The van der Waals surface area contributed by atoms with E-state index in [1.165, 1.54) is 5.75 Å². The Morgan fingerprint density at radius 3 is 2.42 bits per heavy atom. The van der Waals surface area contributed by atoms with Gasteiger partial charge in [-0.25, -0.2) is 0 Å². The van der Waals surface area contributed by atoms with E-state index in [1.54, 1.807) is 0 Å². The van der Waals surface area contributed by atoms with Crippen molar-refractivity contribution in [3.63, 3.8) is 0 Å². The maximum atomic E-state index is 9.26. The van der Waals surface area contributed by atoms with Crippen molar-refractivity contribution < 1.29 is 5.11 Å². The van der Waals surface area contributed by atoms with Crippen molar-refractivity contribution in [2.24, 2.45) is 5.92 Å². The number of aliphatic hydroxyl groups excluding tert-OH is 1. The summed E-state index contributed by atoms with van der Waals surface area (Å²) >= 11 is 1.86. The van der Waals surface area contributed by atoms with Gasteiger partial charge in [-0.05, 0) is 26.1 Å². The average molecular weight is 191 g/mol. The van der Waals surface area contributed by atoms with Gasteiger partial charge in [-0.3, -0.25) is 0 Å². The first-order valence-electron chi connectivity index (χ1n) is 4.43. The summed E-state index contributed by atoms with van der Waals surface area (Å²) in [5.41, 5.74) is 0. The molecule has 2 atom stereocenters. The van der Waals surface area contributed by atoms with Crippen LogP contribution in [0.3, 0.4) is 0 Å². The van der Waals surface area contributed by atoms with Crippen molar-refractivity contribution >= 4 is 11.8 Å². The van der Waals surface area contributed by atoms with Crippen LogP contribution in [0.2, 0.25) is 0 Å². The van der Waals surface area contributed by atoms with Crippen molar-refractivity contribution in [3.8, 4) is 0 Å². The van der Waals surface area contributed by atoms with Gasteiger partial charge in [-0.15, -0.1) is 0 Å². The van der Waals surface area contributed by atoms with E-state index < -0.39 is 0 Å². The van der Waals surface area contributed by atoms with Crippen LogP contribution in [-0.4, -0.2) is 48.3 Å². The quantitative estimate of drug-likeness (QED) is 0.684. The fourth-order valence-electron chi connectivity index (χ4n) is 0.983. The number of rotatable bonds is 6. The molecule has 0 aliphatic rings. The van der Waals surface area contributed by atoms with Crippen molar-refractivity contribution in [3.05, 3.63) is 0 Å². The summed E-state index contributed by atoms with van der Waals surface area (Å²) in [7, 11) is 2.11. The Hall–Kier alpha value is 0.270. The van der Waals surface area contributed by atoms with Gasteiger partial charge >= 0.3 is 0 Å². The smallest absolute Gasteiger partial charge is 0.0549 e. The van der Waals surface area contributed by atoms with Crippen LogP contribution >= 0.6 is 11.8 Å². The molecular formula is C9H21NOS. The van der Waals surface area contributed by atoms with Gasteiger partial charge in [0.15, 0.2) is 0 Å². The molecule has 0 amide bonds. The zero-order chi connectivity index (χ0) is 9.56. The largest absolute Gasteiger partial charge is 0.393 e. The van der Waals surface area contributed by atoms with Crippen LogP contribution < -0.4 is 0 Å². The Morgan fingerprint density at radius 2 is 2.00 bits per heavy atom. The SMILES string of the molecule is CSCCN(C)CC(C)C(C)O. The van der Waals surface area contributed by atoms with E-state index in [4.69, 9.17) is 0 Å². The number of hydrogen-bond donors (Lipinski definition) is 1. The molecule has 74 valence electrons. The third-order valence-electron chi connectivity index (χ3n) is 2.10. The molecule has 0 aromatic heterocycles. The van der Waals surface area contributed by atoms with Gasteiger partial charge in [0.05, 0.1) is 6.10 Å². The standard InChI is InChI=1S/C9H21NOS/c1-8(9(2)11)7-10(3)5-6-12-4/h8-9,11H,5-7H2,1-4H3. The summed E-state index contributed by atoms with van der Waals surface area (Å²) in [4.78, 5) is 2.27. The summed E-state index contributed by atoms with van der Waals surface area (Å²) < 4.78 is 0. The van der Waals surface area contributed by atoms with E-state index >= 15 is 0 Å². The molecule has 12 heavy (non-hydrogen) atoms. The molecule has 0 saturated heterocycles. The second-order valence-electron chi connectivity index (χ2n) is 3.47. The molecule has 1 N–H and O–H groups in total. The second kappa shape index (κ2) is 6.75. The minimum Gasteiger partial charge on any atom is -0.393 e. The number of thioether (sulfide) groups is 1. The molecule has 0 aliphatic heterocycles. The zero-order valence-corrected chi connectivity index (χ0v) is 9.40. The van der Waals surface area contributed by atoms with Crippen LogP contribution in [0, 0.1) is 5.92 Å². The van der Waals surface area contributed by atoms with E-state index in [9.17, 15) is 5.11 Å². The number of hydrogen-bond acceptors (Lipinski definition) is 3. The normalized spacial score (nSPS) is 16.5. The summed E-state index contributed by atoms with van der Waals surface area (Å²) in [6, 6.07) is 0. The van der Waals surface area contributed by atoms with Gasteiger partial charge in [0.1, 0.15) is 0 Å². The lowest BCUT2D eigenvalue weighted by Gasteiger charge is -2.22. The maximum absolute atomic E-state index is 9.26. The molecule has 0 aromatic carbocycles. The Morgan fingerprint density at radius 1 is 1.42 bits per heavy atom. The molecule has 0 heterocycles. The van der Waals surface area contributed by atoms with Crippen molar-refractivity contribution in [2.75, 3.05) is 32.1 Å². The minimum absolute atomic E-state index is 0.193. The highest BCUT2D eigenvalue weighted by molar-refractivity contribution is 7.98.